The lowest BCUT2D eigenvalue weighted by molar-refractivity contribution is -0.385. The highest BCUT2D eigenvalue weighted by Gasteiger charge is 2.21. The third kappa shape index (κ3) is 3.27. The number of hydrogen-bond donors (Lipinski definition) is 1. The lowest BCUT2D eigenvalue weighted by atomic mass is 10.2. The number of carbonyl (C=O) groups is 1. The molecule has 0 aliphatic heterocycles. The van der Waals surface area contributed by atoms with Crippen LogP contribution in [0.5, 0.6) is 0 Å². The van der Waals surface area contributed by atoms with Gasteiger partial charge in [-0.05, 0) is 23.8 Å². The highest BCUT2D eigenvalue weighted by molar-refractivity contribution is 6.29. The number of amides is 1. The van der Waals surface area contributed by atoms with Gasteiger partial charge in [-0.2, -0.15) is 0 Å². The van der Waals surface area contributed by atoms with Gasteiger partial charge in [0.15, 0.2) is 0 Å². The Balaban J connectivity index is 2.17. The van der Waals surface area contributed by atoms with E-state index in [2.05, 4.69) is 15.3 Å². The summed E-state index contributed by atoms with van der Waals surface area (Å²) in [6.07, 6.45) is 4.14. The Morgan fingerprint density at radius 2 is 2.10 bits per heavy atom. The highest BCUT2D eigenvalue weighted by atomic mass is 35.5. The average Bonchev–Trinajstić information content (AvgIpc) is 2.45. The molecule has 1 N–H and O–H groups in total. The van der Waals surface area contributed by atoms with Crippen LogP contribution in [0, 0.1) is 10.1 Å². The van der Waals surface area contributed by atoms with E-state index in [4.69, 9.17) is 11.6 Å². The summed E-state index contributed by atoms with van der Waals surface area (Å²) in [4.78, 5) is 29.6. The smallest absolute Gasteiger partial charge is 0.300 e. The maximum atomic E-state index is 12.0. The Labute approximate surface area is 118 Å². The maximum absolute atomic E-state index is 12.0. The fraction of sp³-hybridized carbons (Fsp3) is 0.0833. The van der Waals surface area contributed by atoms with E-state index in [1.807, 2.05) is 0 Å². The third-order valence-corrected chi connectivity index (χ3v) is 2.70. The molecule has 0 atom stereocenters. The minimum Gasteiger partial charge on any atom is -0.348 e. The second-order valence-electron chi connectivity index (χ2n) is 3.82. The minimum atomic E-state index is -0.676. The molecule has 7 nitrogen and oxygen atoms in total. The van der Waals surface area contributed by atoms with Crippen molar-refractivity contribution in [2.24, 2.45) is 0 Å². The molecule has 8 heteroatoms. The molecule has 0 fully saturated rings. The lowest BCUT2D eigenvalue weighted by Gasteiger charge is -2.05. The number of rotatable bonds is 4. The molecular weight excluding hydrogens is 284 g/mol. The van der Waals surface area contributed by atoms with Gasteiger partial charge in [-0.3, -0.25) is 19.9 Å². The lowest BCUT2D eigenvalue weighted by Crippen LogP contribution is -2.23. The monoisotopic (exact) mass is 292 g/mol. The van der Waals surface area contributed by atoms with Crippen LogP contribution in [0.15, 0.2) is 36.8 Å². The zero-order valence-electron chi connectivity index (χ0n) is 10.1. The first kappa shape index (κ1) is 13.9. The van der Waals surface area contributed by atoms with Gasteiger partial charge in [0.2, 0.25) is 0 Å². The number of pyridine rings is 2. The molecule has 2 aromatic heterocycles. The van der Waals surface area contributed by atoms with Gasteiger partial charge in [0.25, 0.3) is 11.6 Å². The van der Waals surface area contributed by atoms with Gasteiger partial charge < -0.3 is 5.32 Å². The Bertz CT molecular complexity index is 648. The molecule has 1 amide bonds. The van der Waals surface area contributed by atoms with Gasteiger partial charge in [-0.25, -0.2) is 4.98 Å². The third-order valence-electron chi connectivity index (χ3n) is 2.49. The average molecular weight is 293 g/mol. The predicted octanol–water partition coefficient (Wildman–Crippen LogP) is 1.97. The minimum absolute atomic E-state index is 0.0182. The summed E-state index contributed by atoms with van der Waals surface area (Å²) >= 11 is 5.66. The number of nitrogens with one attached hydrogen (secondary N) is 1. The van der Waals surface area contributed by atoms with Crippen LogP contribution in [0.2, 0.25) is 5.15 Å². The topological polar surface area (TPSA) is 98.0 Å². The summed E-state index contributed by atoms with van der Waals surface area (Å²) in [5.41, 5.74) is 0.321. The van der Waals surface area contributed by atoms with Crippen LogP contribution in [-0.4, -0.2) is 20.8 Å². The van der Waals surface area contributed by atoms with Crippen molar-refractivity contribution in [3.05, 3.63) is 63.2 Å². The fourth-order valence-corrected chi connectivity index (χ4v) is 1.69. The second kappa shape index (κ2) is 6.07. The van der Waals surface area contributed by atoms with Crippen LogP contribution in [0.25, 0.3) is 0 Å². The number of nitro groups is 1. The van der Waals surface area contributed by atoms with Crippen LogP contribution in [0.3, 0.4) is 0 Å². The van der Waals surface area contributed by atoms with Gasteiger partial charge in [0, 0.05) is 18.9 Å². The normalized spacial score (nSPS) is 10.1. The Hall–Kier alpha value is -2.54. The van der Waals surface area contributed by atoms with Crippen molar-refractivity contribution in [1.82, 2.24) is 15.3 Å². The van der Waals surface area contributed by atoms with Crippen LogP contribution >= 0.6 is 11.6 Å². The largest absolute Gasteiger partial charge is 0.348 e. The molecule has 0 unspecified atom stereocenters. The van der Waals surface area contributed by atoms with Crippen molar-refractivity contribution in [1.29, 1.82) is 0 Å². The van der Waals surface area contributed by atoms with Gasteiger partial charge in [0.05, 0.1) is 4.92 Å². The number of aromatic nitrogens is 2. The van der Waals surface area contributed by atoms with E-state index in [0.29, 0.717) is 0 Å². The molecule has 0 aliphatic rings. The van der Waals surface area contributed by atoms with Crippen molar-refractivity contribution in [3.63, 3.8) is 0 Å². The first-order valence-electron chi connectivity index (χ1n) is 5.55. The number of carbonyl (C=O) groups excluding carboxylic acids is 1. The summed E-state index contributed by atoms with van der Waals surface area (Å²) in [7, 11) is 0. The van der Waals surface area contributed by atoms with Gasteiger partial charge >= 0.3 is 0 Å². The van der Waals surface area contributed by atoms with E-state index in [-0.39, 0.29) is 22.9 Å². The van der Waals surface area contributed by atoms with Crippen molar-refractivity contribution in [2.45, 2.75) is 6.54 Å². The van der Waals surface area contributed by atoms with Crippen LogP contribution < -0.4 is 5.32 Å². The summed E-state index contributed by atoms with van der Waals surface area (Å²) in [5.74, 6) is -0.585. The van der Waals surface area contributed by atoms with Crippen LogP contribution in [-0.2, 0) is 6.54 Å². The number of nitrogens with zero attached hydrogens (tertiary/aromatic N) is 3. The van der Waals surface area contributed by atoms with E-state index in [0.717, 1.165) is 11.8 Å². The number of halogens is 1. The molecule has 0 saturated carbocycles. The molecule has 0 saturated heterocycles. The van der Waals surface area contributed by atoms with E-state index >= 15 is 0 Å². The Morgan fingerprint density at radius 1 is 1.40 bits per heavy atom. The molecule has 2 heterocycles. The second-order valence-corrected chi connectivity index (χ2v) is 4.21. The standard InChI is InChI=1S/C12H9ClN4O3/c13-11-5-9(10(7-15-11)17(19)20)12(18)16-6-8-1-3-14-4-2-8/h1-5,7H,6H2,(H,16,18). The summed E-state index contributed by atoms with van der Waals surface area (Å²) in [6.45, 7) is 0.235. The molecular formula is C12H9ClN4O3. The Morgan fingerprint density at radius 3 is 2.75 bits per heavy atom. The highest BCUT2D eigenvalue weighted by Crippen LogP contribution is 2.20. The molecule has 2 rings (SSSR count). The van der Waals surface area contributed by atoms with Crippen molar-refractivity contribution in [3.8, 4) is 0 Å². The first-order valence-corrected chi connectivity index (χ1v) is 5.93. The molecule has 0 spiro atoms. The predicted molar refractivity (Wildman–Crippen MR) is 71.3 cm³/mol. The number of hydrogen-bond acceptors (Lipinski definition) is 5. The molecule has 0 bridgehead atoms. The van der Waals surface area contributed by atoms with Gasteiger partial charge in [0.1, 0.15) is 16.9 Å². The van der Waals surface area contributed by atoms with E-state index < -0.39 is 10.8 Å². The maximum Gasteiger partial charge on any atom is 0.300 e. The first-order chi connectivity index (χ1) is 9.58. The van der Waals surface area contributed by atoms with Crippen LogP contribution in [0.4, 0.5) is 5.69 Å². The summed E-state index contributed by atoms with van der Waals surface area (Å²) in [5, 5.41) is 13.4. The fourth-order valence-electron chi connectivity index (χ4n) is 1.53. The van der Waals surface area contributed by atoms with Crippen molar-refractivity contribution in [2.75, 3.05) is 0 Å². The molecule has 20 heavy (non-hydrogen) atoms. The molecule has 0 aromatic carbocycles. The van der Waals surface area contributed by atoms with E-state index in [1.165, 1.54) is 6.07 Å². The zero-order chi connectivity index (χ0) is 14.5. The molecule has 102 valence electrons. The van der Waals surface area contributed by atoms with Crippen molar-refractivity contribution < 1.29 is 9.72 Å². The SMILES string of the molecule is O=C(NCc1ccncc1)c1cc(Cl)ncc1[N+](=O)[O-]. The molecule has 2 aromatic rings. The van der Waals surface area contributed by atoms with Crippen LogP contribution in [0.1, 0.15) is 15.9 Å². The van der Waals surface area contributed by atoms with Gasteiger partial charge in [-0.1, -0.05) is 11.6 Å². The quantitative estimate of drug-likeness (QED) is 0.528. The summed E-state index contributed by atoms with van der Waals surface area (Å²) in [6, 6.07) is 4.63. The molecule has 0 aliphatic carbocycles. The van der Waals surface area contributed by atoms with E-state index in [1.54, 1.807) is 24.5 Å². The van der Waals surface area contributed by atoms with E-state index in [9.17, 15) is 14.9 Å². The zero-order valence-corrected chi connectivity index (χ0v) is 10.9. The van der Waals surface area contributed by atoms with Gasteiger partial charge in [-0.15, -0.1) is 0 Å². The Kier molecular flexibility index (Phi) is 4.21. The molecule has 0 radical (unpaired) electrons. The van der Waals surface area contributed by atoms with Crippen molar-refractivity contribution >= 4 is 23.2 Å². The summed E-state index contributed by atoms with van der Waals surface area (Å²) < 4.78 is 0.